The van der Waals surface area contributed by atoms with Crippen LogP contribution in [0.4, 0.5) is 0 Å². The van der Waals surface area contributed by atoms with Crippen molar-refractivity contribution < 1.29 is 29.4 Å². The zero-order valence-corrected chi connectivity index (χ0v) is 18.7. The molecule has 1 aromatic carbocycles. The molecule has 0 fully saturated rings. The Morgan fingerprint density at radius 3 is 1.97 bits per heavy atom. The van der Waals surface area contributed by atoms with Crippen molar-refractivity contribution in [1.29, 1.82) is 0 Å². The van der Waals surface area contributed by atoms with Crippen LogP contribution in [0.5, 0.6) is 0 Å². The maximum Gasteiger partial charge on any atom is 0.327 e. The van der Waals surface area contributed by atoms with Crippen molar-refractivity contribution in [2.24, 2.45) is 5.73 Å². The van der Waals surface area contributed by atoms with Crippen molar-refractivity contribution in [2.75, 3.05) is 11.5 Å². The van der Waals surface area contributed by atoms with Crippen LogP contribution in [0.25, 0.3) is 0 Å². The molecular weight excluding hydrogens is 444 g/mol. The van der Waals surface area contributed by atoms with Crippen LogP contribution < -0.4 is 21.7 Å². The zero-order valence-electron chi connectivity index (χ0n) is 16.9. The summed E-state index contributed by atoms with van der Waals surface area (Å²) in [5.74, 6) is -3.87. The lowest BCUT2D eigenvalue weighted by atomic mass is 10.0. The highest BCUT2D eigenvalue weighted by Crippen LogP contribution is 2.04. The van der Waals surface area contributed by atoms with E-state index in [9.17, 15) is 24.3 Å². The van der Waals surface area contributed by atoms with Gasteiger partial charge in [0.15, 0.2) is 0 Å². The van der Waals surface area contributed by atoms with Gasteiger partial charge in [0.05, 0.1) is 12.1 Å². The minimum atomic E-state index is -1.38. The molecule has 0 aliphatic heterocycles. The van der Waals surface area contributed by atoms with Crippen molar-refractivity contribution in [3.8, 4) is 0 Å². The highest BCUT2D eigenvalue weighted by atomic mass is 32.1. The molecule has 12 heteroatoms. The van der Waals surface area contributed by atoms with Gasteiger partial charge in [-0.1, -0.05) is 30.3 Å². The van der Waals surface area contributed by atoms with Gasteiger partial charge in [0.25, 0.3) is 0 Å². The third-order valence-corrected chi connectivity index (χ3v) is 5.04. The van der Waals surface area contributed by atoms with E-state index in [1.807, 2.05) is 6.07 Å². The minimum absolute atomic E-state index is 0.148. The van der Waals surface area contributed by atoms with Crippen LogP contribution in [0.2, 0.25) is 0 Å². The Labute approximate surface area is 191 Å². The second-order valence-corrected chi connectivity index (χ2v) is 7.58. The van der Waals surface area contributed by atoms with Gasteiger partial charge in [-0.15, -0.1) is 0 Å². The zero-order chi connectivity index (χ0) is 23.6. The van der Waals surface area contributed by atoms with Crippen LogP contribution in [0.1, 0.15) is 12.5 Å². The topological polar surface area (TPSA) is 171 Å². The normalized spacial score (nSPS) is 15.6. The molecule has 31 heavy (non-hydrogen) atoms. The summed E-state index contributed by atoms with van der Waals surface area (Å²) in [6.07, 6.45) is -1.07. The number of aliphatic carboxylic acids is 1. The third kappa shape index (κ3) is 8.77. The largest absolute Gasteiger partial charge is 0.480 e. The average Bonchev–Trinajstić information content (AvgIpc) is 2.73. The van der Waals surface area contributed by atoms with E-state index in [4.69, 9.17) is 10.8 Å². The Balaban J connectivity index is 2.77. The molecule has 10 nitrogen and oxygen atoms in total. The van der Waals surface area contributed by atoms with Crippen molar-refractivity contribution in [2.45, 2.75) is 43.6 Å². The number of nitrogens with one attached hydrogen (secondary N) is 3. The molecule has 7 N–H and O–H groups in total. The summed E-state index contributed by atoms with van der Waals surface area (Å²) in [5, 5.41) is 25.9. The maximum absolute atomic E-state index is 12.6. The fraction of sp³-hybridized carbons (Fsp3) is 0.474. The van der Waals surface area contributed by atoms with E-state index in [0.717, 1.165) is 5.56 Å². The fourth-order valence-corrected chi connectivity index (χ4v) is 3.04. The number of amides is 3. The first kappa shape index (κ1) is 26.8. The SMILES string of the molecule is CC(O)C(NC(=O)C(N)Cc1ccccc1)C(=O)NC(CS)C(=O)NC(CS)C(=O)O. The van der Waals surface area contributed by atoms with Gasteiger partial charge in [0, 0.05) is 11.5 Å². The molecule has 0 saturated carbocycles. The summed E-state index contributed by atoms with van der Waals surface area (Å²) in [7, 11) is 0. The van der Waals surface area contributed by atoms with E-state index in [-0.39, 0.29) is 17.9 Å². The number of hydrogen-bond donors (Lipinski definition) is 8. The van der Waals surface area contributed by atoms with Crippen molar-refractivity contribution >= 4 is 48.9 Å². The maximum atomic E-state index is 12.6. The number of carboxylic acid groups (broad SMARTS) is 1. The Hall–Kier alpha value is -2.28. The number of rotatable bonds is 12. The second-order valence-electron chi connectivity index (χ2n) is 6.85. The average molecular weight is 473 g/mol. The molecule has 0 spiro atoms. The molecule has 0 bridgehead atoms. The Bertz CT molecular complexity index is 765. The van der Waals surface area contributed by atoms with Crippen LogP contribution in [0.15, 0.2) is 30.3 Å². The monoisotopic (exact) mass is 472 g/mol. The van der Waals surface area contributed by atoms with Gasteiger partial charge in [-0.25, -0.2) is 4.79 Å². The molecule has 0 saturated heterocycles. The molecule has 1 aromatic rings. The molecule has 5 unspecified atom stereocenters. The standard InChI is InChI=1S/C19H28N4O6S2/c1-10(24)15(23-16(25)12(20)7-11-5-3-2-4-6-11)18(27)21-13(8-30)17(26)22-14(9-31)19(28)29/h2-6,10,12-15,24,30-31H,7-9,20H2,1H3,(H,21,27)(H,22,26)(H,23,25)(H,28,29). The number of carbonyl (C=O) groups excluding carboxylic acids is 3. The van der Waals surface area contributed by atoms with E-state index < -0.39 is 54.0 Å². The van der Waals surface area contributed by atoms with E-state index in [2.05, 4.69) is 41.2 Å². The molecule has 0 heterocycles. The number of nitrogens with two attached hydrogens (primary N) is 1. The molecule has 3 amide bonds. The van der Waals surface area contributed by atoms with E-state index in [0.29, 0.717) is 0 Å². The summed E-state index contributed by atoms with van der Waals surface area (Å²) < 4.78 is 0. The molecule has 0 radical (unpaired) electrons. The van der Waals surface area contributed by atoms with Gasteiger partial charge in [0.1, 0.15) is 18.1 Å². The molecule has 5 atom stereocenters. The van der Waals surface area contributed by atoms with E-state index in [1.54, 1.807) is 24.3 Å². The number of carboxylic acids is 1. The van der Waals surface area contributed by atoms with Gasteiger partial charge in [-0.05, 0) is 18.9 Å². The molecule has 0 aliphatic carbocycles. The van der Waals surface area contributed by atoms with Crippen LogP contribution in [0, 0.1) is 0 Å². The summed E-state index contributed by atoms with van der Waals surface area (Å²) in [5.41, 5.74) is 6.73. The quantitative estimate of drug-likeness (QED) is 0.168. The smallest absolute Gasteiger partial charge is 0.327 e. The number of aliphatic hydroxyl groups excluding tert-OH is 1. The number of aliphatic hydroxyl groups is 1. The Kier molecular flexibility index (Phi) is 11.4. The fourth-order valence-electron chi connectivity index (χ4n) is 2.54. The number of hydrogen-bond acceptors (Lipinski definition) is 8. The third-order valence-electron chi connectivity index (χ3n) is 4.31. The summed E-state index contributed by atoms with van der Waals surface area (Å²) >= 11 is 7.85. The van der Waals surface area contributed by atoms with Crippen LogP contribution in [-0.4, -0.2) is 75.7 Å². The first-order valence-electron chi connectivity index (χ1n) is 9.43. The lowest BCUT2D eigenvalue weighted by molar-refractivity contribution is -0.141. The molecular formula is C19H28N4O6S2. The van der Waals surface area contributed by atoms with Gasteiger partial charge < -0.3 is 31.9 Å². The van der Waals surface area contributed by atoms with Crippen LogP contribution in [-0.2, 0) is 25.6 Å². The minimum Gasteiger partial charge on any atom is -0.480 e. The van der Waals surface area contributed by atoms with E-state index in [1.165, 1.54) is 6.92 Å². The van der Waals surface area contributed by atoms with Crippen molar-refractivity contribution in [3.63, 3.8) is 0 Å². The number of benzene rings is 1. The van der Waals surface area contributed by atoms with Gasteiger partial charge in [-0.2, -0.15) is 25.3 Å². The Morgan fingerprint density at radius 2 is 1.48 bits per heavy atom. The van der Waals surface area contributed by atoms with E-state index >= 15 is 0 Å². The molecule has 0 aromatic heterocycles. The molecule has 0 aliphatic rings. The summed E-state index contributed by atoms with van der Waals surface area (Å²) in [4.78, 5) is 48.3. The van der Waals surface area contributed by atoms with Crippen molar-refractivity contribution in [1.82, 2.24) is 16.0 Å². The predicted octanol–water partition coefficient (Wildman–Crippen LogP) is -1.66. The lowest BCUT2D eigenvalue weighted by Gasteiger charge is -2.25. The van der Waals surface area contributed by atoms with Gasteiger partial charge in [-0.3, -0.25) is 14.4 Å². The number of thiol groups is 2. The molecule has 1 rings (SSSR count). The highest BCUT2D eigenvalue weighted by molar-refractivity contribution is 7.80. The van der Waals surface area contributed by atoms with Gasteiger partial charge in [0.2, 0.25) is 17.7 Å². The second kappa shape index (κ2) is 13.2. The first-order valence-corrected chi connectivity index (χ1v) is 10.7. The molecule has 172 valence electrons. The van der Waals surface area contributed by atoms with Crippen LogP contribution >= 0.6 is 25.3 Å². The number of carbonyl (C=O) groups is 4. The van der Waals surface area contributed by atoms with Crippen molar-refractivity contribution in [3.05, 3.63) is 35.9 Å². The predicted molar refractivity (Wildman–Crippen MR) is 121 cm³/mol. The van der Waals surface area contributed by atoms with Crippen LogP contribution in [0.3, 0.4) is 0 Å². The van der Waals surface area contributed by atoms with Gasteiger partial charge >= 0.3 is 5.97 Å². The first-order chi connectivity index (χ1) is 14.6. The highest BCUT2D eigenvalue weighted by Gasteiger charge is 2.31. The summed E-state index contributed by atoms with van der Waals surface area (Å²) in [6.45, 7) is 1.30. The lowest BCUT2D eigenvalue weighted by Crippen LogP contribution is -2.60. The Morgan fingerprint density at radius 1 is 0.935 bits per heavy atom. The summed E-state index contributed by atoms with van der Waals surface area (Å²) in [6, 6.07) is 4.23.